The highest BCUT2D eigenvalue weighted by Gasteiger charge is 2.16. The number of nitrogens with two attached hydrogens (primary N) is 1. The van der Waals surface area contributed by atoms with Gasteiger partial charge in [0.2, 0.25) is 0 Å². The first-order chi connectivity index (χ1) is 9.56. The smallest absolute Gasteiger partial charge is 0.126 e. The predicted octanol–water partition coefficient (Wildman–Crippen LogP) is 3.00. The average molecular weight is 274 g/mol. The Bertz CT molecular complexity index is 613. The maximum atomic E-state index is 13.7. The van der Waals surface area contributed by atoms with Crippen molar-refractivity contribution in [3.8, 4) is 5.75 Å². The molecule has 20 heavy (non-hydrogen) atoms. The van der Waals surface area contributed by atoms with Gasteiger partial charge in [0.15, 0.2) is 0 Å². The maximum Gasteiger partial charge on any atom is 0.126 e. The number of hydrogen-bond donors (Lipinski definition) is 2. The van der Waals surface area contributed by atoms with Gasteiger partial charge in [-0.25, -0.2) is 9.82 Å². The summed E-state index contributed by atoms with van der Waals surface area (Å²) in [5.74, 6) is 6.22. The summed E-state index contributed by atoms with van der Waals surface area (Å²) in [5.41, 5.74) is 6.20. The molecule has 0 fully saturated rings. The fourth-order valence-electron chi connectivity index (χ4n) is 2.25. The van der Waals surface area contributed by atoms with Gasteiger partial charge in [-0.1, -0.05) is 18.2 Å². The summed E-state index contributed by atoms with van der Waals surface area (Å²) >= 11 is 0. The summed E-state index contributed by atoms with van der Waals surface area (Å²) in [6, 6.07) is 10.7. The minimum atomic E-state index is -0.254. The van der Waals surface area contributed by atoms with Crippen LogP contribution in [0.3, 0.4) is 0 Å². The topological polar surface area (TPSA) is 47.3 Å². The van der Waals surface area contributed by atoms with E-state index in [4.69, 9.17) is 10.6 Å². The highest BCUT2D eigenvalue weighted by molar-refractivity contribution is 5.41. The molecule has 2 aromatic rings. The maximum absolute atomic E-state index is 13.7. The minimum Gasteiger partial charge on any atom is -0.497 e. The lowest BCUT2D eigenvalue weighted by Gasteiger charge is -2.20. The molecule has 106 valence electrons. The van der Waals surface area contributed by atoms with Gasteiger partial charge in [0.05, 0.1) is 13.2 Å². The number of nitrogens with one attached hydrogen (secondary N) is 1. The lowest BCUT2D eigenvalue weighted by atomic mass is 9.94. The third-order valence-corrected chi connectivity index (χ3v) is 3.48. The Morgan fingerprint density at radius 1 is 1.10 bits per heavy atom. The van der Waals surface area contributed by atoms with Crippen LogP contribution in [0.4, 0.5) is 4.39 Å². The molecule has 2 aromatic carbocycles. The Kier molecular flexibility index (Phi) is 4.37. The van der Waals surface area contributed by atoms with E-state index in [2.05, 4.69) is 5.43 Å². The van der Waals surface area contributed by atoms with Gasteiger partial charge in [0.25, 0.3) is 0 Å². The highest BCUT2D eigenvalue weighted by atomic mass is 19.1. The second-order valence-electron chi connectivity index (χ2n) is 4.83. The van der Waals surface area contributed by atoms with Crippen LogP contribution in [0, 0.1) is 19.7 Å². The van der Waals surface area contributed by atoms with Gasteiger partial charge in [-0.2, -0.15) is 0 Å². The van der Waals surface area contributed by atoms with Crippen molar-refractivity contribution >= 4 is 0 Å². The largest absolute Gasteiger partial charge is 0.497 e. The van der Waals surface area contributed by atoms with E-state index in [1.165, 1.54) is 6.07 Å². The number of aryl methyl sites for hydroxylation is 2. The van der Waals surface area contributed by atoms with Gasteiger partial charge in [-0.15, -0.1) is 0 Å². The lowest BCUT2D eigenvalue weighted by molar-refractivity contribution is 0.414. The molecular formula is C16H19FN2O. The molecule has 4 heteroatoms. The summed E-state index contributed by atoms with van der Waals surface area (Å²) in [4.78, 5) is 0. The van der Waals surface area contributed by atoms with Gasteiger partial charge in [-0.3, -0.25) is 5.84 Å². The number of rotatable bonds is 4. The Balaban J connectivity index is 2.43. The van der Waals surface area contributed by atoms with Crippen molar-refractivity contribution in [2.45, 2.75) is 19.9 Å². The number of halogens is 1. The Hall–Kier alpha value is -1.91. The van der Waals surface area contributed by atoms with E-state index < -0.39 is 0 Å². The molecule has 1 atom stereocenters. The van der Waals surface area contributed by atoms with Crippen molar-refractivity contribution in [2.24, 2.45) is 5.84 Å². The molecule has 0 aromatic heterocycles. The number of benzene rings is 2. The quantitative estimate of drug-likeness (QED) is 0.665. The second kappa shape index (κ2) is 6.03. The molecule has 0 radical (unpaired) electrons. The van der Waals surface area contributed by atoms with Crippen LogP contribution in [-0.2, 0) is 0 Å². The first-order valence-corrected chi connectivity index (χ1v) is 6.43. The van der Waals surface area contributed by atoms with Gasteiger partial charge in [0, 0.05) is 0 Å². The molecule has 0 aliphatic heterocycles. The Morgan fingerprint density at radius 2 is 1.85 bits per heavy atom. The van der Waals surface area contributed by atoms with Crippen LogP contribution < -0.4 is 16.0 Å². The highest BCUT2D eigenvalue weighted by Crippen LogP contribution is 2.28. The van der Waals surface area contributed by atoms with Crippen molar-refractivity contribution in [3.05, 3.63) is 64.5 Å². The molecule has 0 aliphatic carbocycles. The summed E-state index contributed by atoms with van der Waals surface area (Å²) < 4.78 is 18.9. The van der Waals surface area contributed by atoms with E-state index in [9.17, 15) is 4.39 Å². The van der Waals surface area contributed by atoms with E-state index >= 15 is 0 Å². The van der Waals surface area contributed by atoms with Crippen LogP contribution in [0.5, 0.6) is 5.75 Å². The molecule has 0 amide bonds. The van der Waals surface area contributed by atoms with E-state index in [0.717, 1.165) is 22.4 Å². The van der Waals surface area contributed by atoms with Crippen molar-refractivity contribution in [1.82, 2.24) is 5.43 Å². The molecule has 0 bridgehead atoms. The molecule has 3 N–H and O–H groups in total. The number of hydrazine groups is 1. The zero-order chi connectivity index (χ0) is 14.7. The zero-order valence-electron chi connectivity index (χ0n) is 11.9. The van der Waals surface area contributed by atoms with Crippen LogP contribution >= 0.6 is 0 Å². The van der Waals surface area contributed by atoms with Crippen molar-refractivity contribution < 1.29 is 9.13 Å². The second-order valence-corrected chi connectivity index (χ2v) is 4.83. The Labute approximate surface area is 118 Å². The number of ether oxygens (including phenoxy) is 1. The molecule has 0 saturated heterocycles. The van der Waals surface area contributed by atoms with E-state index in [0.29, 0.717) is 5.56 Å². The van der Waals surface area contributed by atoms with E-state index in [1.54, 1.807) is 20.1 Å². The van der Waals surface area contributed by atoms with Crippen molar-refractivity contribution in [1.29, 1.82) is 0 Å². The normalized spacial score (nSPS) is 12.2. The van der Waals surface area contributed by atoms with E-state index in [1.807, 2.05) is 31.2 Å². The monoisotopic (exact) mass is 274 g/mol. The van der Waals surface area contributed by atoms with Crippen LogP contribution in [-0.4, -0.2) is 7.11 Å². The van der Waals surface area contributed by atoms with Crippen LogP contribution in [0.25, 0.3) is 0 Å². The molecule has 0 aliphatic rings. The molecule has 0 saturated carbocycles. The first kappa shape index (κ1) is 14.5. The molecule has 0 spiro atoms. The standard InChI is InChI=1S/C16H19FN2O/c1-10-4-5-12(9-15(10)17)16(19-18)14-7-6-13(20-3)8-11(14)2/h4-9,16,19H,18H2,1-3H3. The molecule has 1 unspecified atom stereocenters. The van der Waals surface area contributed by atoms with Crippen LogP contribution in [0.1, 0.15) is 28.3 Å². The third kappa shape index (κ3) is 2.81. The lowest BCUT2D eigenvalue weighted by Crippen LogP contribution is -2.29. The first-order valence-electron chi connectivity index (χ1n) is 6.43. The minimum absolute atomic E-state index is 0.228. The molecule has 3 nitrogen and oxygen atoms in total. The van der Waals surface area contributed by atoms with Gasteiger partial charge in [0.1, 0.15) is 11.6 Å². The van der Waals surface area contributed by atoms with Crippen LogP contribution in [0.15, 0.2) is 36.4 Å². The van der Waals surface area contributed by atoms with Crippen molar-refractivity contribution in [3.63, 3.8) is 0 Å². The number of hydrogen-bond acceptors (Lipinski definition) is 3. The molecule has 2 rings (SSSR count). The predicted molar refractivity (Wildman–Crippen MR) is 78.0 cm³/mol. The zero-order valence-corrected chi connectivity index (χ0v) is 11.9. The summed E-state index contributed by atoms with van der Waals surface area (Å²) in [6.45, 7) is 3.72. The summed E-state index contributed by atoms with van der Waals surface area (Å²) in [5, 5.41) is 0. The number of methoxy groups -OCH3 is 1. The fraction of sp³-hybridized carbons (Fsp3) is 0.250. The third-order valence-electron chi connectivity index (χ3n) is 3.48. The van der Waals surface area contributed by atoms with E-state index in [-0.39, 0.29) is 11.9 Å². The van der Waals surface area contributed by atoms with Crippen molar-refractivity contribution in [2.75, 3.05) is 7.11 Å². The summed E-state index contributed by atoms with van der Waals surface area (Å²) in [6.07, 6.45) is 0. The summed E-state index contributed by atoms with van der Waals surface area (Å²) in [7, 11) is 1.63. The van der Waals surface area contributed by atoms with Gasteiger partial charge < -0.3 is 4.74 Å². The SMILES string of the molecule is COc1ccc(C(NN)c2ccc(C)c(F)c2)c(C)c1. The fourth-order valence-corrected chi connectivity index (χ4v) is 2.25. The Morgan fingerprint density at radius 3 is 2.40 bits per heavy atom. The van der Waals surface area contributed by atoms with Crippen LogP contribution in [0.2, 0.25) is 0 Å². The molecular weight excluding hydrogens is 255 g/mol. The molecule has 0 heterocycles. The van der Waals surface area contributed by atoms with Gasteiger partial charge in [-0.05, 0) is 54.3 Å². The van der Waals surface area contributed by atoms with Gasteiger partial charge >= 0.3 is 0 Å². The average Bonchev–Trinajstić information content (AvgIpc) is 2.45.